The molecule has 0 saturated carbocycles. The van der Waals surface area contributed by atoms with Gasteiger partial charge in [-0.2, -0.15) is 4.39 Å². The molecule has 0 amide bonds. The van der Waals surface area contributed by atoms with Crippen molar-refractivity contribution in [2.75, 3.05) is 0 Å². The van der Waals surface area contributed by atoms with E-state index in [9.17, 15) is 4.39 Å². The summed E-state index contributed by atoms with van der Waals surface area (Å²) in [6.45, 7) is 0.410. The Hall–Kier alpha value is -0.380. The minimum atomic E-state index is -0.466. The molecular weight excluding hydrogens is 190 g/mol. The van der Waals surface area contributed by atoms with Crippen molar-refractivity contribution in [3.63, 3.8) is 0 Å². The number of aromatic nitrogens is 1. The molecule has 1 heterocycles. The van der Waals surface area contributed by atoms with Gasteiger partial charge in [0.05, 0.1) is 0 Å². The maximum atomic E-state index is 12.1. The number of nitrogens with zero attached hydrogens (tertiary/aromatic N) is 1. The van der Waals surface area contributed by atoms with Crippen LogP contribution in [-0.4, -0.2) is 4.98 Å². The zero-order valence-electron chi connectivity index (χ0n) is 5.66. The summed E-state index contributed by atoms with van der Waals surface area (Å²) in [6.07, 6.45) is 1.43. The highest BCUT2D eigenvalue weighted by molar-refractivity contribution is 5.85. The van der Waals surface area contributed by atoms with E-state index in [2.05, 4.69) is 4.98 Å². The predicted molar refractivity (Wildman–Crippen MR) is 46.6 cm³/mol. The molecule has 11 heavy (non-hydrogen) atoms. The summed E-state index contributed by atoms with van der Waals surface area (Å²) in [5.74, 6) is -0.466. The van der Waals surface area contributed by atoms with Crippen molar-refractivity contribution in [2.24, 2.45) is 5.73 Å². The van der Waals surface area contributed by atoms with Gasteiger partial charge in [-0.05, 0) is 11.6 Å². The number of rotatable bonds is 1. The standard InChI is InChI=1S/C6H7FN2.2ClH/c7-6-2-1-5(3-8)4-9-6;;/h1-2,4H,3,8H2;2*1H. The second-order valence-corrected chi connectivity index (χ2v) is 1.69. The third-order valence-electron chi connectivity index (χ3n) is 1.02. The number of nitrogens with two attached hydrogens (primary N) is 1. The maximum absolute atomic E-state index is 12.1. The molecule has 0 atom stereocenters. The molecule has 0 spiro atoms. The molecule has 0 saturated heterocycles. The number of pyridine rings is 1. The monoisotopic (exact) mass is 198 g/mol. The first-order chi connectivity index (χ1) is 4.33. The normalized spacial score (nSPS) is 7.82. The van der Waals surface area contributed by atoms with Crippen LogP contribution >= 0.6 is 24.8 Å². The molecule has 5 heteroatoms. The van der Waals surface area contributed by atoms with Crippen LogP contribution in [0.15, 0.2) is 18.3 Å². The molecule has 0 bridgehead atoms. The van der Waals surface area contributed by atoms with E-state index in [4.69, 9.17) is 5.73 Å². The van der Waals surface area contributed by atoms with Crippen molar-refractivity contribution < 1.29 is 4.39 Å². The first kappa shape index (κ1) is 13.2. The quantitative estimate of drug-likeness (QED) is 0.696. The molecular formula is C6H9Cl2FN2. The minimum absolute atomic E-state index is 0. The van der Waals surface area contributed by atoms with Crippen molar-refractivity contribution in [1.82, 2.24) is 4.98 Å². The Balaban J connectivity index is 0. The average Bonchev–Trinajstić information content (AvgIpc) is 1.90. The van der Waals surface area contributed by atoms with Gasteiger partial charge in [-0.25, -0.2) is 4.98 Å². The van der Waals surface area contributed by atoms with Crippen LogP contribution in [0.4, 0.5) is 4.39 Å². The highest BCUT2D eigenvalue weighted by Gasteiger charge is 1.89. The Morgan fingerprint density at radius 2 is 2.00 bits per heavy atom. The van der Waals surface area contributed by atoms with Gasteiger partial charge in [-0.3, -0.25) is 0 Å². The maximum Gasteiger partial charge on any atom is 0.212 e. The molecule has 1 aromatic heterocycles. The van der Waals surface area contributed by atoms with E-state index >= 15 is 0 Å². The molecule has 0 fully saturated rings. The molecule has 0 unspecified atom stereocenters. The second-order valence-electron chi connectivity index (χ2n) is 1.69. The summed E-state index contributed by atoms with van der Waals surface area (Å²) in [5, 5.41) is 0. The summed E-state index contributed by atoms with van der Waals surface area (Å²) in [4.78, 5) is 3.40. The van der Waals surface area contributed by atoms with Crippen molar-refractivity contribution in [3.8, 4) is 0 Å². The first-order valence-electron chi connectivity index (χ1n) is 2.63. The van der Waals surface area contributed by atoms with E-state index in [0.717, 1.165) is 5.56 Å². The molecule has 2 nitrogen and oxygen atoms in total. The topological polar surface area (TPSA) is 38.9 Å². The van der Waals surface area contributed by atoms with Crippen LogP contribution in [-0.2, 0) is 6.54 Å². The van der Waals surface area contributed by atoms with Crippen LogP contribution in [0.2, 0.25) is 0 Å². The fraction of sp³-hybridized carbons (Fsp3) is 0.167. The average molecular weight is 199 g/mol. The van der Waals surface area contributed by atoms with Gasteiger partial charge >= 0.3 is 0 Å². The van der Waals surface area contributed by atoms with Gasteiger partial charge in [-0.1, -0.05) is 6.07 Å². The molecule has 0 aliphatic heterocycles. The molecule has 0 radical (unpaired) electrons. The van der Waals surface area contributed by atoms with Gasteiger partial charge in [0.1, 0.15) is 0 Å². The SMILES string of the molecule is Cl.Cl.NCc1ccc(F)nc1. The lowest BCUT2D eigenvalue weighted by atomic mass is 10.3. The first-order valence-corrected chi connectivity index (χ1v) is 2.63. The zero-order valence-corrected chi connectivity index (χ0v) is 7.29. The van der Waals surface area contributed by atoms with Crippen molar-refractivity contribution >= 4 is 24.8 Å². The van der Waals surface area contributed by atoms with Gasteiger partial charge < -0.3 is 5.73 Å². The Kier molecular flexibility index (Phi) is 7.62. The van der Waals surface area contributed by atoms with Gasteiger partial charge in [0.2, 0.25) is 5.95 Å². The Morgan fingerprint density at radius 1 is 1.36 bits per heavy atom. The van der Waals surface area contributed by atoms with Crippen LogP contribution in [0.5, 0.6) is 0 Å². The van der Waals surface area contributed by atoms with Gasteiger partial charge in [0.15, 0.2) is 0 Å². The summed E-state index contributed by atoms with van der Waals surface area (Å²) >= 11 is 0. The third-order valence-corrected chi connectivity index (χ3v) is 1.02. The Labute approximate surface area is 76.8 Å². The molecule has 64 valence electrons. The van der Waals surface area contributed by atoms with Crippen LogP contribution in [0.1, 0.15) is 5.56 Å². The van der Waals surface area contributed by atoms with Crippen LogP contribution in [0.3, 0.4) is 0 Å². The highest BCUT2D eigenvalue weighted by Crippen LogP contribution is 1.95. The Bertz CT molecular complexity index is 190. The summed E-state index contributed by atoms with van der Waals surface area (Å²) in [5.41, 5.74) is 6.08. The predicted octanol–water partition coefficient (Wildman–Crippen LogP) is 1.52. The molecule has 0 aliphatic carbocycles. The van der Waals surface area contributed by atoms with Crippen LogP contribution < -0.4 is 5.73 Å². The van der Waals surface area contributed by atoms with E-state index in [1.54, 1.807) is 6.07 Å². The van der Waals surface area contributed by atoms with E-state index in [1.165, 1.54) is 12.3 Å². The largest absolute Gasteiger partial charge is 0.326 e. The van der Waals surface area contributed by atoms with Crippen LogP contribution in [0.25, 0.3) is 0 Å². The molecule has 0 aromatic carbocycles. The van der Waals surface area contributed by atoms with Crippen molar-refractivity contribution in [3.05, 3.63) is 29.8 Å². The molecule has 0 aliphatic rings. The highest BCUT2D eigenvalue weighted by atomic mass is 35.5. The smallest absolute Gasteiger partial charge is 0.212 e. The van der Waals surface area contributed by atoms with Gasteiger partial charge in [0.25, 0.3) is 0 Å². The second kappa shape index (κ2) is 6.34. The minimum Gasteiger partial charge on any atom is -0.326 e. The summed E-state index contributed by atoms with van der Waals surface area (Å²) < 4.78 is 12.1. The lowest BCUT2D eigenvalue weighted by molar-refractivity contribution is 0.582. The van der Waals surface area contributed by atoms with Gasteiger partial charge in [-0.15, -0.1) is 24.8 Å². The third kappa shape index (κ3) is 4.14. The molecule has 1 aromatic rings. The fourth-order valence-corrected chi connectivity index (χ4v) is 0.527. The van der Waals surface area contributed by atoms with Crippen molar-refractivity contribution in [1.29, 1.82) is 0 Å². The Morgan fingerprint density at radius 3 is 2.36 bits per heavy atom. The zero-order chi connectivity index (χ0) is 6.69. The lowest BCUT2D eigenvalue weighted by Crippen LogP contribution is -1.96. The summed E-state index contributed by atoms with van der Waals surface area (Å²) in [7, 11) is 0. The number of hydrogen-bond acceptors (Lipinski definition) is 2. The van der Waals surface area contributed by atoms with Crippen LogP contribution in [0, 0.1) is 5.95 Å². The number of halogens is 3. The lowest BCUT2D eigenvalue weighted by Gasteiger charge is -1.91. The number of hydrogen-bond donors (Lipinski definition) is 1. The summed E-state index contributed by atoms with van der Waals surface area (Å²) in [6, 6.07) is 2.91. The van der Waals surface area contributed by atoms with Crippen molar-refractivity contribution in [2.45, 2.75) is 6.54 Å². The molecule has 2 N–H and O–H groups in total. The van der Waals surface area contributed by atoms with E-state index in [0.29, 0.717) is 6.54 Å². The van der Waals surface area contributed by atoms with E-state index < -0.39 is 5.95 Å². The molecule has 1 rings (SSSR count). The van der Waals surface area contributed by atoms with E-state index in [-0.39, 0.29) is 24.8 Å². The van der Waals surface area contributed by atoms with E-state index in [1.807, 2.05) is 0 Å². The van der Waals surface area contributed by atoms with Gasteiger partial charge in [0, 0.05) is 12.7 Å². The fourth-order valence-electron chi connectivity index (χ4n) is 0.527.